The van der Waals surface area contributed by atoms with Crippen molar-refractivity contribution in [3.63, 3.8) is 0 Å². The molecule has 0 radical (unpaired) electrons. The van der Waals surface area contributed by atoms with Gasteiger partial charge in [0.05, 0.1) is 0 Å². The van der Waals surface area contributed by atoms with Crippen molar-refractivity contribution in [1.29, 1.82) is 0 Å². The summed E-state index contributed by atoms with van der Waals surface area (Å²) in [4.78, 5) is 4.03. The smallest absolute Gasteiger partial charge is 0.124 e. The number of para-hydroxylation sites is 1. The lowest BCUT2D eigenvalue weighted by atomic mass is 10.2. The molecule has 2 aromatic carbocycles. The van der Waals surface area contributed by atoms with Gasteiger partial charge in [0.2, 0.25) is 0 Å². The van der Waals surface area contributed by atoms with E-state index in [0.717, 1.165) is 34.4 Å². The normalized spacial score (nSPS) is 10.5. The molecule has 0 atom stereocenters. The summed E-state index contributed by atoms with van der Waals surface area (Å²) in [6.45, 7) is 2.14. The van der Waals surface area contributed by atoms with E-state index in [1.807, 2.05) is 54.9 Å². The van der Waals surface area contributed by atoms with Crippen molar-refractivity contribution >= 4 is 15.9 Å². The average molecular weight is 383 g/mol. The molecule has 1 heterocycles. The fraction of sp³-hybridized carbons (Fsp3) is 0.150. The quantitative estimate of drug-likeness (QED) is 0.642. The Morgan fingerprint density at radius 2 is 1.58 bits per heavy atom. The standard InChI is InChI=1S/C20H19BrN2O/c21-19-7-5-17(6-8-19)15-24-20-4-2-1-3-18(20)14-23-13-16-9-11-22-12-10-16/h1-12,23H,13-15H2. The Kier molecular flexibility index (Phi) is 5.99. The first kappa shape index (κ1) is 16.7. The lowest BCUT2D eigenvalue weighted by molar-refractivity contribution is 0.302. The van der Waals surface area contributed by atoms with Crippen LogP contribution < -0.4 is 10.1 Å². The van der Waals surface area contributed by atoms with Gasteiger partial charge < -0.3 is 10.1 Å². The van der Waals surface area contributed by atoms with Crippen molar-refractivity contribution in [2.24, 2.45) is 0 Å². The Morgan fingerprint density at radius 3 is 2.38 bits per heavy atom. The van der Waals surface area contributed by atoms with Gasteiger partial charge in [0.1, 0.15) is 12.4 Å². The SMILES string of the molecule is Brc1ccc(COc2ccccc2CNCc2ccncc2)cc1. The minimum absolute atomic E-state index is 0.564. The third-order valence-electron chi connectivity index (χ3n) is 3.67. The van der Waals surface area contributed by atoms with E-state index in [1.165, 1.54) is 5.56 Å². The van der Waals surface area contributed by atoms with Gasteiger partial charge >= 0.3 is 0 Å². The van der Waals surface area contributed by atoms with Gasteiger partial charge in [0, 0.05) is 35.5 Å². The summed E-state index contributed by atoms with van der Waals surface area (Å²) in [6.07, 6.45) is 3.62. The van der Waals surface area contributed by atoms with E-state index in [4.69, 9.17) is 4.74 Å². The molecule has 3 rings (SSSR count). The summed E-state index contributed by atoms with van der Waals surface area (Å²) in [5.41, 5.74) is 3.53. The summed E-state index contributed by atoms with van der Waals surface area (Å²) >= 11 is 3.45. The van der Waals surface area contributed by atoms with Crippen LogP contribution in [0.3, 0.4) is 0 Å². The number of rotatable bonds is 7. The number of aromatic nitrogens is 1. The fourth-order valence-corrected chi connectivity index (χ4v) is 2.64. The molecular weight excluding hydrogens is 364 g/mol. The highest BCUT2D eigenvalue weighted by Gasteiger charge is 2.03. The average Bonchev–Trinajstić information content (AvgIpc) is 2.63. The van der Waals surface area contributed by atoms with Crippen LogP contribution in [-0.4, -0.2) is 4.98 Å². The van der Waals surface area contributed by atoms with Crippen molar-refractivity contribution in [2.45, 2.75) is 19.7 Å². The number of hydrogen-bond donors (Lipinski definition) is 1. The van der Waals surface area contributed by atoms with Crippen LogP contribution in [0.5, 0.6) is 5.75 Å². The molecule has 0 aliphatic heterocycles. The first-order valence-corrected chi connectivity index (χ1v) is 8.65. The van der Waals surface area contributed by atoms with Gasteiger partial charge in [-0.05, 0) is 41.5 Å². The second-order valence-corrected chi connectivity index (χ2v) is 6.40. The summed E-state index contributed by atoms with van der Waals surface area (Å²) < 4.78 is 7.08. The van der Waals surface area contributed by atoms with E-state index in [-0.39, 0.29) is 0 Å². The number of benzene rings is 2. The molecule has 4 heteroatoms. The summed E-state index contributed by atoms with van der Waals surface area (Å²) in [6, 6.07) is 20.4. The second kappa shape index (κ2) is 8.62. The van der Waals surface area contributed by atoms with Gasteiger partial charge in [-0.15, -0.1) is 0 Å². The third kappa shape index (κ3) is 4.91. The van der Waals surface area contributed by atoms with Gasteiger partial charge in [-0.3, -0.25) is 4.98 Å². The fourth-order valence-electron chi connectivity index (χ4n) is 2.37. The highest BCUT2D eigenvalue weighted by Crippen LogP contribution is 2.20. The van der Waals surface area contributed by atoms with Crippen LogP contribution >= 0.6 is 15.9 Å². The number of ether oxygens (including phenoxy) is 1. The minimum atomic E-state index is 0.564. The predicted molar refractivity (Wildman–Crippen MR) is 99.7 cm³/mol. The number of nitrogens with one attached hydrogen (secondary N) is 1. The summed E-state index contributed by atoms with van der Waals surface area (Å²) in [5.74, 6) is 0.919. The second-order valence-electron chi connectivity index (χ2n) is 5.48. The molecule has 24 heavy (non-hydrogen) atoms. The van der Waals surface area contributed by atoms with Gasteiger partial charge in [0.25, 0.3) is 0 Å². The van der Waals surface area contributed by atoms with Crippen molar-refractivity contribution < 1.29 is 4.74 Å². The zero-order valence-corrected chi connectivity index (χ0v) is 14.9. The van der Waals surface area contributed by atoms with E-state index in [2.05, 4.69) is 44.4 Å². The summed E-state index contributed by atoms with van der Waals surface area (Å²) in [5, 5.41) is 3.45. The molecule has 0 saturated heterocycles. The predicted octanol–water partition coefficient (Wildman–Crippen LogP) is 4.71. The zero-order valence-electron chi connectivity index (χ0n) is 13.3. The maximum absolute atomic E-state index is 6.00. The highest BCUT2D eigenvalue weighted by molar-refractivity contribution is 9.10. The maximum atomic E-state index is 6.00. The minimum Gasteiger partial charge on any atom is -0.489 e. The molecular formula is C20H19BrN2O. The topological polar surface area (TPSA) is 34.1 Å². The summed E-state index contributed by atoms with van der Waals surface area (Å²) in [7, 11) is 0. The van der Waals surface area contributed by atoms with Crippen molar-refractivity contribution in [2.75, 3.05) is 0 Å². The first-order chi connectivity index (χ1) is 11.8. The molecule has 0 aliphatic carbocycles. The van der Waals surface area contributed by atoms with E-state index in [0.29, 0.717) is 6.61 Å². The molecule has 0 aliphatic rings. The van der Waals surface area contributed by atoms with Crippen molar-refractivity contribution in [3.05, 3.63) is 94.2 Å². The molecule has 0 spiro atoms. The largest absolute Gasteiger partial charge is 0.489 e. The van der Waals surface area contributed by atoms with E-state index >= 15 is 0 Å². The van der Waals surface area contributed by atoms with Crippen LogP contribution in [0.1, 0.15) is 16.7 Å². The Bertz CT molecular complexity index is 760. The third-order valence-corrected chi connectivity index (χ3v) is 4.20. The molecule has 0 fully saturated rings. The number of halogens is 1. The monoisotopic (exact) mass is 382 g/mol. The molecule has 0 amide bonds. The first-order valence-electron chi connectivity index (χ1n) is 7.86. The van der Waals surface area contributed by atoms with Gasteiger partial charge in [-0.25, -0.2) is 0 Å². The Balaban J connectivity index is 1.57. The zero-order chi connectivity index (χ0) is 16.6. The molecule has 1 aromatic heterocycles. The van der Waals surface area contributed by atoms with Crippen molar-refractivity contribution in [3.8, 4) is 5.75 Å². The van der Waals surface area contributed by atoms with E-state index in [1.54, 1.807) is 0 Å². The van der Waals surface area contributed by atoms with Crippen LogP contribution in [0.15, 0.2) is 77.5 Å². The molecule has 0 saturated carbocycles. The highest BCUT2D eigenvalue weighted by atomic mass is 79.9. The Hall–Kier alpha value is -2.17. The molecule has 122 valence electrons. The number of pyridine rings is 1. The van der Waals surface area contributed by atoms with E-state index < -0.39 is 0 Å². The number of nitrogens with zero attached hydrogens (tertiary/aromatic N) is 1. The van der Waals surface area contributed by atoms with Crippen LogP contribution in [0.4, 0.5) is 0 Å². The molecule has 0 bridgehead atoms. The molecule has 0 unspecified atom stereocenters. The van der Waals surface area contributed by atoms with Gasteiger partial charge in [0.15, 0.2) is 0 Å². The van der Waals surface area contributed by atoms with E-state index in [9.17, 15) is 0 Å². The number of hydrogen-bond acceptors (Lipinski definition) is 3. The van der Waals surface area contributed by atoms with Crippen LogP contribution in [0.2, 0.25) is 0 Å². The maximum Gasteiger partial charge on any atom is 0.124 e. The van der Waals surface area contributed by atoms with Crippen molar-refractivity contribution in [1.82, 2.24) is 10.3 Å². The molecule has 1 N–H and O–H groups in total. The van der Waals surface area contributed by atoms with Crippen LogP contribution in [-0.2, 0) is 19.7 Å². The van der Waals surface area contributed by atoms with Crippen LogP contribution in [0, 0.1) is 0 Å². The molecule has 3 nitrogen and oxygen atoms in total. The van der Waals surface area contributed by atoms with Gasteiger partial charge in [-0.2, -0.15) is 0 Å². The lowest BCUT2D eigenvalue weighted by Gasteiger charge is -2.12. The Morgan fingerprint density at radius 1 is 0.833 bits per heavy atom. The van der Waals surface area contributed by atoms with Gasteiger partial charge in [-0.1, -0.05) is 46.3 Å². The van der Waals surface area contributed by atoms with Crippen LogP contribution in [0.25, 0.3) is 0 Å². The molecule has 3 aromatic rings. The lowest BCUT2D eigenvalue weighted by Crippen LogP contribution is -2.13. The Labute approximate surface area is 150 Å².